The lowest BCUT2D eigenvalue weighted by Crippen LogP contribution is -2.52. The largest absolute Gasteiger partial charge is 0.494 e. The first kappa shape index (κ1) is 31.7. The van der Waals surface area contributed by atoms with Crippen molar-refractivity contribution in [2.45, 2.75) is 71.5 Å². The number of nitrogens with zero attached hydrogens (tertiary/aromatic N) is 2. The molecule has 0 aliphatic rings. The highest BCUT2D eigenvalue weighted by Crippen LogP contribution is 2.27. The van der Waals surface area contributed by atoms with Gasteiger partial charge >= 0.3 is 0 Å². The van der Waals surface area contributed by atoms with Gasteiger partial charge in [0.05, 0.1) is 17.2 Å². The summed E-state index contributed by atoms with van der Waals surface area (Å²) in [7, 11) is -4.13. The minimum absolute atomic E-state index is 0.0665. The molecular formula is C32H41N3O5S. The second-order valence-electron chi connectivity index (χ2n) is 10.3. The fourth-order valence-corrected chi connectivity index (χ4v) is 5.71. The Bertz CT molecular complexity index is 1420. The van der Waals surface area contributed by atoms with Crippen LogP contribution in [0.15, 0.2) is 77.7 Å². The van der Waals surface area contributed by atoms with Crippen LogP contribution in [0, 0.1) is 13.8 Å². The van der Waals surface area contributed by atoms with Gasteiger partial charge in [-0.1, -0.05) is 54.4 Å². The number of benzene rings is 3. The average molecular weight is 580 g/mol. The second kappa shape index (κ2) is 14.2. The Hall–Kier alpha value is -3.85. The highest BCUT2D eigenvalue weighted by molar-refractivity contribution is 7.92. The standard InChI is InChI=1S/C32H41N3O5S/c1-7-25(5)33-32(37)26(6)34(21-27-11-9-10-24(4)20-27)31(36)22-35(28-14-16-29(17-15-28)40-8-2)41(38,39)30-18-12-23(3)13-19-30/h9-20,25-26H,7-8,21-22H2,1-6H3,(H,33,37)/t25-,26-/m0/s1. The molecule has 0 saturated heterocycles. The van der Waals surface area contributed by atoms with E-state index >= 15 is 0 Å². The van der Waals surface area contributed by atoms with Gasteiger partial charge in [-0.3, -0.25) is 13.9 Å². The highest BCUT2D eigenvalue weighted by atomic mass is 32.2. The number of hydrogen-bond donors (Lipinski definition) is 1. The maximum absolute atomic E-state index is 14.0. The van der Waals surface area contributed by atoms with Gasteiger partial charge in [-0.2, -0.15) is 0 Å². The fourth-order valence-electron chi connectivity index (χ4n) is 4.30. The summed E-state index contributed by atoms with van der Waals surface area (Å²) in [6.07, 6.45) is 0.741. The van der Waals surface area contributed by atoms with E-state index in [4.69, 9.17) is 4.74 Å². The quantitative estimate of drug-likeness (QED) is 0.299. The van der Waals surface area contributed by atoms with E-state index in [-0.39, 0.29) is 23.4 Å². The molecule has 0 heterocycles. The molecule has 0 aromatic heterocycles. The molecule has 0 aliphatic carbocycles. The van der Waals surface area contributed by atoms with Crippen molar-refractivity contribution in [2.75, 3.05) is 17.5 Å². The zero-order chi connectivity index (χ0) is 30.2. The molecule has 2 amide bonds. The third-order valence-corrected chi connectivity index (χ3v) is 8.72. The van der Waals surface area contributed by atoms with E-state index in [1.54, 1.807) is 43.3 Å². The van der Waals surface area contributed by atoms with Crippen LogP contribution in [0.4, 0.5) is 5.69 Å². The summed E-state index contributed by atoms with van der Waals surface area (Å²) in [6.45, 7) is 11.4. The van der Waals surface area contributed by atoms with E-state index in [0.29, 0.717) is 18.0 Å². The van der Waals surface area contributed by atoms with Gasteiger partial charge in [-0.15, -0.1) is 0 Å². The van der Waals surface area contributed by atoms with Crippen molar-refractivity contribution < 1.29 is 22.7 Å². The minimum Gasteiger partial charge on any atom is -0.494 e. The van der Waals surface area contributed by atoms with Crippen molar-refractivity contribution in [3.63, 3.8) is 0 Å². The lowest BCUT2D eigenvalue weighted by atomic mass is 10.1. The molecular weight excluding hydrogens is 538 g/mol. The average Bonchev–Trinajstić information content (AvgIpc) is 2.95. The first-order chi connectivity index (χ1) is 19.5. The Morgan fingerprint density at radius 3 is 2.15 bits per heavy atom. The van der Waals surface area contributed by atoms with E-state index in [1.807, 2.05) is 58.9 Å². The molecule has 0 radical (unpaired) electrons. The molecule has 0 spiro atoms. The second-order valence-corrected chi connectivity index (χ2v) is 12.1. The fraction of sp³-hybridized carbons (Fsp3) is 0.375. The van der Waals surface area contributed by atoms with Crippen LogP contribution in [0.3, 0.4) is 0 Å². The zero-order valence-corrected chi connectivity index (χ0v) is 25.6. The van der Waals surface area contributed by atoms with Gasteiger partial charge in [-0.05, 0) is 83.0 Å². The molecule has 0 saturated carbocycles. The van der Waals surface area contributed by atoms with E-state index in [1.165, 1.54) is 17.0 Å². The van der Waals surface area contributed by atoms with E-state index in [0.717, 1.165) is 27.4 Å². The summed E-state index contributed by atoms with van der Waals surface area (Å²) in [4.78, 5) is 28.7. The SMILES string of the molecule is CCOc1ccc(N(CC(=O)N(Cc2cccc(C)c2)[C@@H](C)C(=O)N[C@@H](C)CC)S(=O)(=O)c2ccc(C)cc2)cc1. The first-order valence-electron chi connectivity index (χ1n) is 13.9. The van der Waals surface area contributed by atoms with Gasteiger partial charge in [0.25, 0.3) is 10.0 Å². The van der Waals surface area contributed by atoms with Crippen molar-refractivity contribution in [3.05, 3.63) is 89.5 Å². The van der Waals surface area contributed by atoms with Gasteiger partial charge in [0.15, 0.2) is 0 Å². The topological polar surface area (TPSA) is 96.0 Å². The predicted octanol–water partition coefficient (Wildman–Crippen LogP) is 5.23. The smallest absolute Gasteiger partial charge is 0.264 e. The number of aryl methyl sites for hydroxylation is 2. The number of anilines is 1. The molecule has 1 N–H and O–H groups in total. The molecule has 0 fully saturated rings. The highest BCUT2D eigenvalue weighted by Gasteiger charge is 2.32. The number of rotatable bonds is 13. The lowest BCUT2D eigenvalue weighted by molar-refractivity contribution is -0.139. The Balaban J connectivity index is 2.03. The normalized spacial score (nSPS) is 12.7. The van der Waals surface area contributed by atoms with Crippen LogP contribution < -0.4 is 14.4 Å². The van der Waals surface area contributed by atoms with Crippen LogP contribution in [0.1, 0.15) is 50.8 Å². The molecule has 2 atom stereocenters. The third kappa shape index (κ3) is 8.33. The third-order valence-electron chi connectivity index (χ3n) is 6.93. The van der Waals surface area contributed by atoms with Crippen molar-refractivity contribution in [2.24, 2.45) is 0 Å². The Labute approximate surface area is 244 Å². The van der Waals surface area contributed by atoms with Crippen LogP contribution in [0.25, 0.3) is 0 Å². The summed E-state index contributed by atoms with van der Waals surface area (Å²) in [6, 6.07) is 19.9. The Kier molecular flexibility index (Phi) is 10.9. The minimum atomic E-state index is -4.13. The van der Waals surface area contributed by atoms with Crippen molar-refractivity contribution in [1.82, 2.24) is 10.2 Å². The molecule has 220 valence electrons. The predicted molar refractivity (Wildman–Crippen MR) is 162 cm³/mol. The maximum atomic E-state index is 14.0. The maximum Gasteiger partial charge on any atom is 0.264 e. The number of carbonyl (C=O) groups is 2. The van der Waals surface area contributed by atoms with Crippen molar-refractivity contribution in [1.29, 1.82) is 0 Å². The molecule has 8 nitrogen and oxygen atoms in total. The zero-order valence-electron chi connectivity index (χ0n) is 24.8. The lowest BCUT2D eigenvalue weighted by Gasteiger charge is -2.32. The molecule has 9 heteroatoms. The van der Waals surface area contributed by atoms with E-state index < -0.39 is 28.5 Å². The van der Waals surface area contributed by atoms with Gasteiger partial charge in [0, 0.05) is 12.6 Å². The number of hydrogen-bond acceptors (Lipinski definition) is 5. The van der Waals surface area contributed by atoms with Gasteiger partial charge in [0.2, 0.25) is 11.8 Å². The van der Waals surface area contributed by atoms with Crippen LogP contribution in [-0.2, 0) is 26.2 Å². The number of carbonyl (C=O) groups excluding carboxylic acids is 2. The van der Waals surface area contributed by atoms with Gasteiger partial charge < -0.3 is 15.0 Å². The molecule has 3 aromatic carbocycles. The van der Waals surface area contributed by atoms with Crippen molar-refractivity contribution >= 4 is 27.5 Å². The van der Waals surface area contributed by atoms with Gasteiger partial charge in [0.1, 0.15) is 18.3 Å². The summed E-state index contributed by atoms with van der Waals surface area (Å²) in [5.41, 5.74) is 3.09. The molecule has 0 unspecified atom stereocenters. The van der Waals surface area contributed by atoms with Crippen molar-refractivity contribution in [3.8, 4) is 5.75 Å². The summed E-state index contributed by atoms with van der Waals surface area (Å²) < 4.78 is 34.5. The van der Waals surface area contributed by atoms with Crippen LogP contribution in [0.2, 0.25) is 0 Å². The Morgan fingerprint density at radius 1 is 0.902 bits per heavy atom. The first-order valence-corrected chi connectivity index (χ1v) is 15.4. The van der Waals surface area contributed by atoms with Crippen LogP contribution in [0.5, 0.6) is 5.75 Å². The molecule has 3 rings (SSSR count). The van der Waals surface area contributed by atoms with E-state index in [2.05, 4.69) is 5.32 Å². The molecule has 0 bridgehead atoms. The molecule has 3 aromatic rings. The molecule has 41 heavy (non-hydrogen) atoms. The number of nitrogens with one attached hydrogen (secondary N) is 1. The number of sulfonamides is 1. The number of amides is 2. The summed E-state index contributed by atoms with van der Waals surface area (Å²) in [5.74, 6) is -0.205. The monoisotopic (exact) mass is 579 g/mol. The summed E-state index contributed by atoms with van der Waals surface area (Å²) >= 11 is 0. The molecule has 0 aliphatic heterocycles. The summed E-state index contributed by atoms with van der Waals surface area (Å²) in [5, 5.41) is 2.95. The number of ether oxygens (including phenoxy) is 1. The van der Waals surface area contributed by atoms with Gasteiger partial charge in [-0.25, -0.2) is 8.42 Å². The Morgan fingerprint density at radius 2 is 1.56 bits per heavy atom. The van der Waals surface area contributed by atoms with Crippen LogP contribution in [-0.4, -0.2) is 50.4 Å². The van der Waals surface area contributed by atoms with E-state index in [9.17, 15) is 18.0 Å². The van der Waals surface area contributed by atoms with Crippen LogP contribution >= 0.6 is 0 Å².